The summed E-state index contributed by atoms with van der Waals surface area (Å²) in [5.41, 5.74) is 2.17. The second-order valence-corrected chi connectivity index (χ2v) is 2.33. The van der Waals surface area contributed by atoms with Crippen molar-refractivity contribution in [3.8, 4) is 0 Å². The van der Waals surface area contributed by atoms with Gasteiger partial charge in [-0.25, -0.2) is 0 Å². The van der Waals surface area contributed by atoms with Gasteiger partial charge >= 0.3 is 6.18 Å². The predicted molar refractivity (Wildman–Crippen MR) is 39.1 cm³/mol. The molecule has 0 aliphatic heterocycles. The molecule has 0 rings (SSSR count). The Bertz CT molecular complexity index is 132. The van der Waals surface area contributed by atoms with Crippen molar-refractivity contribution in [3.63, 3.8) is 0 Å². The summed E-state index contributed by atoms with van der Waals surface area (Å²) in [6.07, 6.45) is -3.57. The van der Waals surface area contributed by atoms with E-state index in [1.54, 1.807) is 0 Å². The van der Waals surface area contributed by atoms with Gasteiger partial charge in [0.15, 0.2) is 6.61 Å². The maximum Gasteiger partial charge on any atom is 0.413 e. The molecule has 13 heavy (non-hydrogen) atoms. The largest absolute Gasteiger partial charge is 0.413 e. The Labute approximate surface area is 74.5 Å². The zero-order valence-corrected chi connectivity index (χ0v) is 7.52. The second-order valence-electron chi connectivity index (χ2n) is 2.33. The van der Waals surface area contributed by atoms with Gasteiger partial charge in [-0.1, -0.05) is 6.92 Å². The molecule has 0 aliphatic carbocycles. The van der Waals surface area contributed by atoms with Crippen molar-refractivity contribution in [2.24, 2.45) is 0 Å². The van der Waals surface area contributed by atoms with Gasteiger partial charge in [-0.3, -0.25) is 9.68 Å². The van der Waals surface area contributed by atoms with Gasteiger partial charge in [-0.15, -0.1) is 10.8 Å². The van der Waals surface area contributed by atoms with Gasteiger partial charge in [0.05, 0.1) is 6.61 Å². The lowest BCUT2D eigenvalue weighted by atomic mass is 10.5. The molecule has 0 amide bonds. The minimum absolute atomic E-state index is 0.402. The Kier molecular flexibility index (Phi) is 5.97. The molecule has 80 valence electrons. The Balaban J connectivity index is 3.35. The van der Waals surface area contributed by atoms with E-state index in [0.29, 0.717) is 6.61 Å². The highest BCUT2D eigenvalue weighted by atomic mass is 19.4. The molecule has 0 atom stereocenters. The topological polar surface area (TPSA) is 33.7 Å². The highest BCUT2D eigenvalue weighted by molar-refractivity contribution is 4.42. The number of halogens is 3. The Morgan fingerprint density at radius 3 is 2.46 bits per heavy atom. The fraction of sp³-hybridized carbons (Fsp3) is 1.00. The molecule has 0 aromatic carbocycles. The molecule has 1 N–H and O–H groups in total. The van der Waals surface area contributed by atoms with Crippen LogP contribution in [0, 0.1) is 0 Å². The number of rotatable bonds is 6. The third-order valence-corrected chi connectivity index (χ3v) is 0.921. The molecule has 0 unspecified atom stereocenters. The Hall–Kier alpha value is -0.370. The molecular weight excluding hydrogens is 189 g/mol. The van der Waals surface area contributed by atoms with Crippen molar-refractivity contribution >= 4 is 0 Å². The maximum atomic E-state index is 11.6. The second kappa shape index (κ2) is 6.14. The monoisotopic (exact) mass is 202 g/mol. The number of hydrogen-bond acceptors (Lipinski definition) is 4. The summed E-state index contributed by atoms with van der Waals surface area (Å²) < 4.78 is 34.8. The molecule has 0 aromatic rings. The Morgan fingerprint density at radius 1 is 1.38 bits per heavy atom. The van der Waals surface area contributed by atoms with E-state index >= 15 is 0 Å². The van der Waals surface area contributed by atoms with Crippen LogP contribution in [-0.4, -0.2) is 31.6 Å². The summed E-state index contributed by atoms with van der Waals surface area (Å²) in [7, 11) is 1.28. The highest BCUT2D eigenvalue weighted by Crippen LogP contribution is 2.14. The SMILES string of the molecule is CCCONN(C)OCC(F)(F)F. The van der Waals surface area contributed by atoms with Gasteiger partial charge in [0, 0.05) is 7.05 Å². The zero-order valence-electron chi connectivity index (χ0n) is 7.52. The standard InChI is InChI=1S/C6H13F3N2O2/c1-3-4-12-10-11(2)13-5-6(7,8)9/h10H,3-5H2,1-2H3. The van der Waals surface area contributed by atoms with Gasteiger partial charge in [0.2, 0.25) is 0 Å². The first-order valence-corrected chi connectivity index (χ1v) is 3.76. The van der Waals surface area contributed by atoms with Gasteiger partial charge in [-0.05, 0) is 6.42 Å². The molecular formula is C6H13F3N2O2. The van der Waals surface area contributed by atoms with Crippen molar-refractivity contribution in [1.82, 2.24) is 10.8 Å². The van der Waals surface area contributed by atoms with Crippen LogP contribution in [0.4, 0.5) is 13.2 Å². The molecule has 0 aromatic heterocycles. The molecule has 0 radical (unpaired) electrons. The number of nitrogens with one attached hydrogen (secondary N) is 1. The average Bonchev–Trinajstić information content (AvgIpc) is 2.00. The van der Waals surface area contributed by atoms with Gasteiger partial charge in [0.1, 0.15) is 0 Å². The minimum atomic E-state index is -4.33. The summed E-state index contributed by atoms with van der Waals surface area (Å²) in [5, 5.41) is 0.767. The number of alkyl halides is 3. The minimum Gasteiger partial charge on any atom is -0.285 e. The first kappa shape index (κ1) is 12.6. The van der Waals surface area contributed by atoms with E-state index in [1.165, 1.54) is 7.05 Å². The van der Waals surface area contributed by atoms with Crippen molar-refractivity contribution in [1.29, 1.82) is 0 Å². The van der Waals surface area contributed by atoms with E-state index in [9.17, 15) is 13.2 Å². The van der Waals surface area contributed by atoms with E-state index in [2.05, 4.69) is 10.4 Å². The lowest BCUT2D eigenvalue weighted by Gasteiger charge is -2.17. The number of hydrogen-bond donors (Lipinski definition) is 1. The van der Waals surface area contributed by atoms with Crippen molar-refractivity contribution in [3.05, 3.63) is 0 Å². The van der Waals surface area contributed by atoms with E-state index in [-0.39, 0.29) is 0 Å². The lowest BCUT2D eigenvalue weighted by molar-refractivity contribution is -0.302. The van der Waals surface area contributed by atoms with Gasteiger partial charge in [-0.2, -0.15) is 13.2 Å². The van der Waals surface area contributed by atoms with Crippen LogP contribution < -0.4 is 5.59 Å². The average molecular weight is 202 g/mol. The third kappa shape index (κ3) is 9.54. The van der Waals surface area contributed by atoms with E-state index in [4.69, 9.17) is 4.84 Å². The zero-order chi connectivity index (χ0) is 10.3. The molecule has 0 aliphatic rings. The molecule has 0 bridgehead atoms. The van der Waals surface area contributed by atoms with Crippen LogP contribution in [0.3, 0.4) is 0 Å². The molecule has 0 saturated carbocycles. The van der Waals surface area contributed by atoms with Gasteiger partial charge < -0.3 is 0 Å². The van der Waals surface area contributed by atoms with Crippen LogP contribution in [0.5, 0.6) is 0 Å². The third-order valence-electron chi connectivity index (χ3n) is 0.921. The number of hydrazine groups is 1. The molecule has 0 heterocycles. The quantitative estimate of drug-likeness (QED) is 0.519. The number of nitrogens with zero attached hydrogens (tertiary/aromatic N) is 1. The molecule has 0 saturated heterocycles. The van der Waals surface area contributed by atoms with E-state index in [1.807, 2.05) is 6.92 Å². The van der Waals surface area contributed by atoms with Crippen LogP contribution in [0.2, 0.25) is 0 Å². The summed E-state index contributed by atoms with van der Waals surface area (Å²) in [6.45, 7) is 0.934. The smallest absolute Gasteiger partial charge is 0.285 e. The summed E-state index contributed by atoms with van der Waals surface area (Å²) >= 11 is 0. The molecule has 0 fully saturated rings. The fourth-order valence-electron chi connectivity index (χ4n) is 0.435. The highest BCUT2D eigenvalue weighted by Gasteiger charge is 2.28. The van der Waals surface area contributed by atoms with Crippen molar-refractivity contribution < 1.29 is 22.8 Å². The first-order chi connectivity index (χ1) is 5.95. The normalized spacial score (nSPS) is 12.5. The van der Waals surface area contributed by atoms with Crippen molar-refractivity contribution in [2.75, 3.05) is 20.3 Å². The summed E-state index contributed by atoms with van der Waals surface area (Å²) in [5.74, 6) is 0. The van der Waals surface area contributed by atoms with Gasteiger partial charge in [0.25, 0.3) is 0 Å². The first-order valence-electron chi connectivity index (χ1n) is 3.76. The Morgan fingerprint density at radius 2 is 2.00 bits per heavy atom. The lowest BCUT2D eigenvalue weighted by Crippen LogP contribution is -2.37. The fourth-order valence-corrected chi connectivity index (χ4v) is 0.435. The maximum absolute atomic E-state index is 11.6. The van der Waals surface area contributed by atoms with Crippen LogP contribution in [0.15, 0.2) is 0 Å². The van der Waals surface area contributed by atoms with E-state index in [0.717, 1.165) is 11.6 Å². The molecule has 0 spiro atoms. The van der Waals surface area contributed by atoms with Crippen molar-refractivity contribution in [2.45, 2.75) is 19.5 Å². The van der Waals surface area contributed by atoms with Crippen LogP contribution in [0.1, 0.15) is 13.3 Å². The van der Waals surface area contributed by atoms with Crippen LogP contribution in [-0.2, 0) is 9.68 Å². The summed E-state index contributed by atoms with van der Waals surface area (Å²) in [4.78, 5) is 8.92. The van der Waals surface area contributed by atoms with E-state index < -0.39 is 12.8 Å². The molecule has 7 heteroatoms. The van der Waals surface area contributed by atoms with Crippen LogP contribution in [0.25, 0.3) is 0 Å². The number of hydroxylamine groups is 1. The summed E-state index contributed by atoms with van der Waals surface area (Å²) in [6, 6.07) is 0. The predicted octanol–water partition coefficient (Wildman–Crippen LogP) is 1.26. The molecule has 4 nitrogen and oxygen atoms in total. The van der Waals surface area contributed by atoms with Crippen LogP contribution >= 0.6 is 0 Å².